The molecule has 2 aromatic heterocycles. The Hall–Kier alpha value is -4.32. The molecule has 0 saturated carbocycles. The fourth-order valence-corrected chi connectivity index (χ4v) is 6.47. The van der Waals surface area contributed by atoms with Crippen molar-refractivity contribution in [1.82, 2.24) is 19.7 Å². The molecule has 4 aromatic rings. The second-order valence-electron chi connectivity index (χ2n) is 10.7. The third kappa shape index (κ3) is 5.10. The lowest BCUT2D eigenvalue weighted by atomic mass is 9.95. The van der Waals surface area contributed by atoms with Crippen LogP contribution in [0.1, 0.15) is 33.9 Å². The molecule has 3 heterocycles. The summed E-state index contributed by atoms with van der Waals surface area (Å²) in [5, 5.41) is 15.8. The molecule has 2 aromatic carbocycles. The minimum absolute atomic E-state index is 0.000425. The number of halogens is 3. The van der Waals surface area contributed by atoms with Crippen molar-refractivity contribution < 1.29 is 23.8 Å². The molecule has 1 aliphatic carbocycles. The summed E-state index contributed by atoms with van der Waals surface area (Å²) in [7, 11) is 2.95. The second kappa shape index (κ2) is 11.6. The van der Waals surface area contributed by atoms with Gasteiger partial charge in [-0.1, -0.05) is 35.3 Å². The zero-order valence-electron chi connectivity index (χ0n) is 23.6. The largest absolute Gasteiger partial charge is 0.481 e. The molecule has 10 nitrogen and oxygen atoms in total. The van der Waals surface area contributed by atoms with E-state index in [1.54, 1.807) is 12.1 Å². The highest BCUT2D eigenvalue weighted by Gasteiger charge is 2.41. The lowest BCUT2D eigenvalue weighted by Crippen LogP contribution is -2.51. The van der Waals surface area contributed by atoms with Crippen LogP contribution in [0, 0.1) is 11.7 Å². The highest BCUT2D eigenvalue weighted by atomic mass is 35.5. The molecule has 6 rings (SSSR count). The number of hydrogen-bond acceptors (Lipinski definition) is 7. The third-order valence-corrected chi connectivity index (χ3v) is 8.96. The molecule has 2 aliphatic rings. The van der Waals surface area contributed by atoms with Gasteiger partial charge in [-0.2, -0.15) is 5.10 Å². The zero-order chi connectivity index (χ0) is 31.3. The Bertz CT molecular complexity index is 1890. The number of carboxylic acids is 1. The summed E-state index contributed by atoms with van der Waals surface area (Å²) in [5.74, 6) is -2.10. The van der Waals surface area contributed by atoms with Crippen LogP contribution in [0.2, 0.25) is 10.0 Å². The minimum Gasteiger partial charge on any atom is -0.481 e. The number of aromatic nitrogens is 3. The molecule has 1 amide bonds. The first-order chi connectivity index (χ1) is 21.1. The fourth-order valence-electron chi connectivity index (χ4n) is 5.85. The van der Waals surface area contributed by atoms with E-state index < -0.39 is 23.3 Å². The van der Waals surface area contributed by atoms with Crippen molar-refractivity contribution in [2.75, 3.05) is 25.5 Å². The van der Waals surface area contributed by atoms with Gasteiger partial charge >= 0.3 is 5.97 Å². The van der Waals surface area contributed by atoms with Gasteiger partial charge < -0.3 is 15.2 Å². The van der Waals surface area contributed by atoms with E-state index in [0.29, 0.717) is 30.2 Å². The zero-order valence-corrected chi connectivity index (χ0v) is 25.1. The molecule has 2 N–H and O–H groups in total. The van der Waals surface area contributed by atoms with Crippen LogP contribution in [0.5, 0.6) is 5.88 Å². The van der Waals surface area contributed by atoms with E-state index in [4.69, 9.17) is 32.9 Å². The Labute approximate surface area is 261 Å². The number of methoxy groups -OCH3 is 1. The first-order valence-corrected chi connectivity index (χ1v) is 14.5. The molecule has 1 saturated heterocycles. The van der Waals surface area contributed by atoms with E-state index in [1.165, 1.54) is 44.6 Å². The van der Waals surface area contributed by atoms with Crippen LogP contribution in [0.4, 0.5) is 10.1 Å². The number of nitrogens with one attached hydrogen (secondary N) is 1. The summed E-state index contributed by atoms with van der Waals surface area (Å²) in [6.45, 7) is 0.938. The number of aryl methyl sites for hydroxylation is 2. The van der Waals surface area contributed by atoms with E-state index in [9.17, 15) is 19.5 Å². The van der Waals surface area contributed by atoms with Crippen molar-refractivity contribution in [2.24, 2.45) is 13.0 Å². The number of carboxylic acid groups (broad SMARTS) is 1. The smallest absolute Gasteiger partial charge is 0.309 e. The number of likely N-dealkylation sites (tertiary alicyclic amines) is 1. The van der Waals surface area contributed by atoms with Crippen LogP contribution in [0.15, 0.2) is 53.5 Å². The van der Waals surface area contributed by atoms with Gasteiger partial charge in [0.25, 0.3) is 11.5 Å². The van der Waals surface area contributed by atoms with Crippen molar-refractivity contribution in [3.63, 3.8) is 0 Å². The number of pyridine rings is 1. The predicted molar refractivity (Wildman–Crippen MR) is 163 cm³/mol. The number of nitrogens with zero attached hydrogens (tertiary/aromatic N) is 4. The van der Waals surface area contributed by atoms with E-state index in [1.807, 2.05) is 6.07 Å². The maximum absolute atomic E-state index is 15.4. The van der Waals surface area contributed by atoms with E-state index >= 15 is 4.39 Å². The second-order valence-corrected chi connectivity index (χ2v) is 11.5. The molecule has 44 heavy (non-hydrogen) atoms. The molecule has 13 heteroatoms. The van der Waals surface area contributed by atoms with Crippen molar-refractivity contribution >= 4 is 40.8 Å². The van der Waals surface area contributed by atoms with Crippen molar-refractivity contribution in [3.05, 3.63) is 91.6 Å². The van der Waals surface area contributed by atoms with Gasteiger partial charge in [0.05, 0.1) is 34.5 Å². The topological polar surface area (TPSA) is 127 Å². The molecular weight excluding hydrogens is 612 g/mol. The van der Waals surface area contributed by atoms with Gasteiger partial charge in [0.15, 0.2) is 0 Å². The number of benzene rings is 2. The monoisotopic (exact) mass is 637 g/mol. The number of carbonyl (C=O) groups excluding carboxylic acids is 1. The summed E-state index contributed by atoms with van der Waals surface area (Å²) in [6, 6.07) is 10.7. The van der Waals surface area contributed by atoms with Crippen LogP contribution in [-0.4, -0.2) is 56.8 Å². The van der Waals surface area contributed by atoms with Gasteiger partial charge in [-0.15, -0.1) is 0 Å². The van der Waals surface area contributed by atoms with Gasteiger partial charge in [0, 0.05) is 54.6 Å². The number of ether oxygens (including phenoxy) is 1. The van der Waals surface area contributed by atoms with Crippen LogP contribution in [0.3, 0.4) is 0 Å². The van der Waals surface area contributed by atoms with Gasteiger partial charge in [-0.25, -0.2) is 14.1 Å². The maximum atomic E-state index is 15.4. The Morgan fingerprint density at radius 2 is 1.89 bits per heavy atom. The first-order valence-electron chi connectivity index (χ1n) is 13.7. The number of aliphatic carboxylic acids is 1. The minimum atomic E-state index is -0.797. The first kappa shape index (κ1) is 29.7. The fraction of sp³-hybridized carbons (Fsp3) is 0.258. The lowest BCUT2D eigenvalue weighted by molar-refractivity contribution is -0.148. The molecule has 0 spiro atoms. The normalized spacial score (nSPS) is 16.3. The van der Waals surface area contributed by atoms with E-state index in [2.05, 4.69) is 15.3 Å². The molecule has 1 aliphatic heterocycles. The number of rotatable bonds is 7. The molecular formula is C31H26Cl2FN5O5. The summed E-state index contributed by atoms with van der Waals surface area (Å²) < 4.78 is 22.2. The summed E-state index contributed by atoms with van der Waals surface area (Å²) >= 11 is 13.6. The molecule has 0 bridgehead atoms. The average Bonchev–Trinajstić information content (AvgIpc) is 3.38. The van der Waals surface area contributed by atoms with Crippen molar-refractivity contribution in [1.29, 1.82) is 0 Å². The van der Waals surface area contributed by atoms with Crippen LogP contribution < -0.4 is 15.6 Å². The number of anilines is 1. The average molecular weight is 638 g/mol. The number of carbonyl (C=O) groups is 2. The highest BCUT2D eigenvalue weighted by Crippen LogP contribution is 2.47. The Kier molecular flexibility index (Phi) is 7.87. The number of amides is 1. The quantitative estimate of drug-likeness (QED) is 0.282. The van der Waals surface area contributed by atoms with E-state index in [-0.39, 0.29) is 44.4 Å². The van der Waals surface area contributed by atoms with Crippen LogP contribution in [0.25, 0.3) is 22.4 Å². The maximum Gasteiger partial charge on any atom is 0.309 e. The molecule has 226 valence electrons. The standard InChI is InChI=1S/C31H26Cl2FN5O5/c1-38-30(41)19(10-11-35-38)28(40)36-21-5-3-4-18(26(21)32)25-20(34)8-7-17(27(25)33)22-12-15-6-9-23(24(15)29(37-22)44-2)39-13-16(14-39)31(42)43/h3-5,7-8,10-12,16,23H,6,9,13-14H2,1-2H3,(H,36,40)(H,42,43). The van der Waals surface area contributed by atoms with Gasteiger partial charge in [-0.3, -0.25) is 19.3 Å². The third-order valence-electron chi connectivity index (χ3n) is 8.16. The lowest BCUT2D eigenvalue weighted by Gasteiger charge is -2.41. The Balaban J connectivity index is 1.35. The Morgan fingerprint density at radius 1 is 1.11 bits per heavy atom. The van der Waals surface area contributed by atoms with E-state index in [0.717, 1.165) is 28.7 Å². The van der Waals surface area contributed by atoms with Crippen molar-refractivity contribution in [2.45, 2.75) is 18.9 Å². The predicted octanol–water partition coefficient (Wildman–Crippen LogP) is 5.22. The van der Waals surface area contributed by atoms with Crippen LogP contribution in [-0.2, 0) is 18.3 Å². The summed E-state index contributed by atoms with van der Waals surface area (Å²) in [5.41, 5.74) is 2.55. The summed E-state index contributed by atoms with van der Waals surface area (Å²) in [6.07, 6.45) is 2.86. The van der Waals surface area contributed by atoms with Gasteiger partial charge in [0.2, 0.25) is 5.88 Å². The Morgan fingerprint density at radius 3 is 2.61 bits per heavy atom. The molecule has 0 radical (unpaired) electrons. The summed E-state index contributed by atoms with van der Waals surface area (Å²) in [4.78, 5) is 43.4. The molecule has 1 unspecified atom stereocenters. The SMILES string of the molecule is COc1nc(-c2ccc(F)c(-c3cccc(NC(=O)c4ccnn(C)c4=O)c3Cl)c2Cl)cc2c1C(N1CC(C(=O)O)C1)CC2. The molecule has 1 atom stereocenters. The van der Waals surface area contributed by atoms with Gasteiger partial charge in [-0.05, 0) is 48.7 Å². The molecule has 1 fully saturated rings. The van der Waals surface area contributed by atoms with Gasteiger partial charge in [0.1, 0.15) is 11.4 Å². The number of fused-ring (bicyclic) bond motifs is 1. The highest BCUT2D eigenvalue weighted by molar-refractivity contribution is 6.39. The van der Waals surface area contributed by atoms with Crippen LogP contribution >= 0.6 is 23.2 Å². The van der Waals surface area contributed by atoms with Crippen molar-refractivity contribution in [3.8, 4) is 28.3 Å². The number of hydrogen-bond donors (Lipinski definition) is 2.